The van der Waals surface area contributed by atoms with Crippen molar-refractivity contribution in [3.8, 4) is 0 Å². The summed E-state index contributed by atoms with van der Waals surface area (Å²) < 4.78 is 6.36. The molecule has 0 saturated heterocycles. The van der Waals surface area contributed by atoms with Gasteiger partial charge in [0, 0.05) is 17.6 Å². The lowest BCUT2D eigenvalue weighted by Crippen LogP contribution is -2.18. The summed E-state index contributed by atoms with van der Waals surface area (Å²) in [4.78, 5) is 0. The van der Waals surface area contributed by atoms with Crippen LogP contribution in [0.3, 0.4) is 0 Å². The number of anilines is 2. The molecule has 4 heteroatoms. The fraction of sp³-hybridized carbons (Fsp3) is 0.500. The van der Waals surface area contributed by atoms with E-state index in [2.05, 4.69) is 21.2 Å². The lowest BCUT2D eigenvalue weighted by Gasteiger charge is -2.16. The number of nitrogens with two attached hydrogens (primary N) is 1. The van der Waals surface area contributed by atoms with Gasteiger partial charge in [0.1, 0.15) is 0 Å². The van der Waals surface area contributed by atoms with Crippen molar-refractivity contribution in [2.45, 2.75) is 31.4 Å². The standard InChI is InChI=1S/C12H17BrN2O/c1-16-10-4-3-9(7-10)15-12-5-2-8(13)6-11(12)14/h2,5-6,9-10,15H,3-4,7,14H2,1H3. The smallest absolute Gasteiger partial charge is 0.0591 e. The van der Waals surface area contributed by atoms with E-state index in [0.717, 1.165) is 35.1 Å². The van der Waals surface area contributed by atoms with Crippen LogP contribution in [-0.4, -0.2) is 19.3 Å². The number of nitrogen functional groups attached to an aromatic ring is 1. The Kier molecular flexibility index (Phi) is 3.71. The molecule has 2 atom stereocenters. The molecule has 1 saturated carbocycles. The minimum atomic E-state index is 0.397. The monoisotopic (exact) mass is 284 g/mol. The molecule has 88 valence electrons. The van der Waals surface area contributed by atoms with Crippen LogP contribution in [0, 0.1) is 0 Å². The van der Waals surface area contributed by atoms with Crippen LogP contribution in [-0.2, 0) is 4.74 Å². The van der Waals surface area contributed by atoms with Gasteiger partial charge in [0.05, 0.1) is 17.5 Å². The fourth-order valence-corrected chi connectivity index (χ4v) is 2.55. The zero-order chi connectivity index (χ0) is 11.5. The first-order valence-electron chi connectivity index (χ1n) is 5.53. The summed E-state index contributed by atoms with van der Waals surface area (Å²) in [6.07, 6.45) is 3.74. The number of rotatable bonds is 3. The maximum absolute atomic E-state index is 5.94. The van der Waals surface area contributed by atoms with Gasteiger partial charge >= 0.3 is 0 Å². The molecule has 1 aromatic carbocycles. The number of hydrogen-bond donors (Lipinski definition) is 2. The maximum Gasteiger partial charge on any atom is 0.0591 e. The van der Waals surface area contributed by atoms with Crippen molar-refractivity contribution < 1.29 is 4.74 Å². The molecule has 1 aromatic rings. The third-order valence-corrected chi connectivity index (χ3v) is 3.58. The first-order valence-corrected chi connectivity index (χ1v) is 6.32. The number of nitrogens with one attached hydrogen (secondary N) is 1. The van der Waals surface area contributed by atoms with Crippen molar-refractivity contribution in [1.82, 2.24) is 0 Å². The summed E-state index contributed by atoms with van der Waals surface area (Å²) in [7, 11) is 1.78. The molecule has 16 heavy (non-hydrogen) atoms. The summed E-state index contributed by atoms with van der Waals surface area (Å²) in [5.41, 5.74) is 7.75. The molecule has 1 aliphatic rings. The van der Waals surface area contributed by atoms with Gasteiger partial charge in [-0.15, -0.1) is 0 Å². The predicted molar refractivity (Wildman–Crippen MR) is 70.6 cm³/mol. The average Bonchev–Trinajstić information content (AvgIpc) is 2.70. The first kappa shape index (κ1) is 11.7. The van der Waals surface area contributed by atoms with E-state index in [1.165, 1.54) is 0 Å². The second kappa shape index (κ2) is 5.06. The second-order valence-electron chi connectivity index (χ2n) is 4.24. The Morgan fingerprint density at radius 3 is 2.88 bits per heavy atom. The minimum absolute atomic E-state index is 0.397. The molecule has 2 unspecified atom stereocenters. The molecule has 1 fully saturated rings. The van der Waals surface area contributed by atoms with Gasteiger partial charge in [-0.3, -0.25) is 0 Å². The Labute approximate surface area is 104 Å². The molecule has 3 N–H and O–H groups in total. The van der Waals surface area contributed by atoms with Gasteiger partial charge in [-0.2, -0.15) is 0 Å². The number of hydrogen-bond acceptors (Lipinski definition) is 3. The van der Waals surface area contributed by atoms with Gasteiger partial charge in [-0.05, 0) is 37.5 Å². The molecule has 0 heterocycles. The highest BCUT2D eigenvalue weighted by molar-refractivity contribution is 9.10. The van der Waals surface area contributed by atoms with Crippen molar-refractivity contribution in [3.63, 3.8) is 0 Å². The molecule has 0 aromatic heterocycles. The van der Waals surface area contributed by atoms with E-state index in [-0.39, 0.29) is 0 Å². The van der Waals surface area contributed by atoms with Gasteiger partial charge in [-0.25, -0.2) is 0 Å². The summed E-state index contributed by atoms with van der Waals surface area (Å²) in [5.74, 6) is 0. The van der Waals surface area contributed by atoms with E-state index in [0.29, 0.717) is 12.1 Å². The molecule has 0 radical (unpaired) electrons. The maximum atomic E-state index is 5.94. The van der Waals surface area contributed by atoms with Crippen LogP contribution in [0.25, 0.3) is 0 Å². The molecule has 0 spiro atoms. The zero-order valence-electron chi connectivity index (χ0n) is 9.37. The Bertz CT molecular complexity index is 370. The van der Waals surface area contributed by atoms with Gasteiger partial charge in [0.25, 0.3) is 0 Å². The fourth-order valence-electron chi connectivity index (χ4n) is 2.17. The van der Waals surface area contributed by atoms with E-state index in [1.54, 1.807) is 7.11 Å². The third-order valence-electron chi connectivity index (χ3n) is 3.09. The Morgan fingerprint density at radius 1 is 1.44 bits per heavy atom. The molecule has 0 bridgehead atoms. The van der Waals surface area contributed by atoms with Gasteiger partial charge in [0.15, 0.2) is 0 Å². The molecule has 0 amide bonds. The van der Waals surface area contributed by atoms with Crippen molar-refractivity contribution in [2.75, 3.05) is 18.2 Å². The number of halogens is 1. The van der Waals surface area contributed by atoms with Crippen LogP contribution in [0.1, 0.15) is 19.3 Å². The topological polar surface area (TPSA) is 47.3 Å². The Balaban J connectivity index is 1.99. The van der Waals surface area contributed by atoms with Crippen LogP contribution >= 0.6 is 15.9 Å². The lowest BCUT2D eigenvalue weighted by atomic mass is 10.2. The predicted octanol–water partition coefficient (Wildman–Crippen LogP) is 3.01. The van der Waals surface area contributed by atoms with Crippen LogP contribution in [0.4, 0.5) is 11.4 Å². The summed E-state index contributed by atoms with van der Waals surface area (Å²) >= 11 is 3.40. The first-order chi connectivity index (χ1) is 7.69. The van der Waals surface area contributed by atoms with Crippen molar-refractivity contribution in [2.24, 2.45) is 0 Å². The number of methoxy groups -OCH3 is 1. The highest BCUT2D eigenvalue weighted by atomic mass is 79.9. The van der Waals surface area contributed by atoms with Crippen molar-refractivity contribution in [3.05, 3.63) is 22.7 Å². The number of ether oxygens (including phenoxy) is 1. The molecule has 2 rings (SSSR count). The summed E-state index contributed by atoms with van der Waals surface area (Å²) in [6, 6.07) is 6.42. The van der Waals surface area contributed by atoms with Crippen LogP contribution in [0.5, 0.6) is 0 Å². The van der Waals surface area contributed by atoms with E-state index < -0.39 is 0 Å². The summed E-state index contributed by atoms with van der Waals surface area (Å²) in [6.45, 7) is 0. The normalized spacial score (nSPS) is 24.6. The van der Waals surface area contributed by atoms with E-state index >= 15 is 0 Å². The van der Waals surface area contributed by atoms with Gasteiger partial charge in [0.2, 0.25) is 0 Å². The molecular formula is C12H17BrN2O. The second-order valence-corrected chi connectivity index (χ2v) is 5.16. The SMILES string of the molecule is COC1CCC(Nc2ccc(Br)cc2N)C1. The van der Waals surface area contributed by atoms with E-state index in [9.17, 15) is 0 Å². The zero-order valence-corrected chi connectivity index (χ0v) is 11.0. The average molecular weight is 285 g/mol. The Morgan fingerprint density at radius 2 is 2.25 bits per heavy atom. The molecule has 3 nitrogen and oxygen atoms in total. The number of benzene rings is 1. The minimum Gasteiger partial charge on any atom is -0.397 e. The lowest BCUT2D eigenvalue weighted by molar-refractivity contribution is 0.108. The molecule has 1 aliphatic carbocycles. The quantitative estimate of drug-likeness (QED) is 0.839. The van der Waals surface area contributed by atoms with Crippen LogP contribution < -0.4 is 11.1 Å². The van der Waals surface area contributed by atoms with Crippen molar-refractivity contribution in [1.29, 1.82) is 0 Å². The molecule has 0 aliphatic heterocycles. The van der Waals surface area contributed by atoms with E-state index in [1.807, 2.05) is 18.2 Å². The van der Waals surface area contributed by atoms with Crippen LogP contribution in [0.2, 0.25) is 0 Å². The van der Waals surface area contributed by atoms with Crippen LogP contribution in [0.15, 0.2) is 22.7 Å². The van der Waals surface area contributed by atoms with Crippen molar-refractivity contribution >= 4 is 27.3 Å². The molecular weight excluding hydrogens is 268 g/mol. The largest absolute Gasteiger partial charge is 0.397 e. The Hall–Kier alpha value is -0.740. The van der Waals surface area contributed by atoms with Gasteiger partial charge in [-0.1, -0.05) is 15.9 Å². The highest BCUT2D eigenvalue weighted by Crippen LogP contribution is 2.28. The van der Waals surface area contributed by atoms with Gasteiger partial charge < -0.3 is 15.8 Å². The summed E-state index contributed by atoms with van der Waals surface area (Å²) in [5, 5.41) is 3.47. The highest BCUT2D eigenvalue weighted by Gasteiger charge is 2.24. The third kappa shape index (κ3) is 2.68. The van der Waals surface area contributed by atoms with E-state index in [4.69, 9.17) is 10.5 Å².